The molecule has 0 aromatic heterocycles. The van der Waals surface area contributed by atoms with E-state index in [0.717, 1.165) is 11.5 Å². The molecule has 0 unspecified atom stereocenters. The van der Waals surface area contributed by atoms with Gasteiger partial charge in [0.2, 0.25) is 0 Å². The van der Waals surface area contributed by atoms with E-state index in [1.807, 2.05) is 24.3 Å². The van der Waals surface area contributed by atoms with Gasteiger partial charge in [-0.15, -0.1) is 0 Å². The second-order valence-corrected chi connectivity index (χ2v) is 4.97. The lowest BCUT2D eigenvalue weighted by Gasteiger charge is -2.13. The van der Waals surface area contributed by atoms with Crippen molar-refractivity contribution >= 4 is 5.96 Å². The Morgan fingerprint density at radius 2 is 1.88 bits per heavy atom. The number of hydrogen-bond acceptors (Lipinski definition) is 3. The maximum absolute atomic E-state index is 13.6. The zero-order valence-corrected chi connectivity index (χ0v) is 13.9. The van der Waals surface area contributed by atoms with Crippen LogP contribution in [0, 0.1) is 5.82 Å². The molecule has 2 rings (SSSR count). The quantitative estimate of drug-likeness (QED) is 0.465. The summed E-state index contributed by atoms with van der Waals surface area (Å²) in [5.74, 6) is 1.85. The van der Waals surface area contributed by atoms with Crippen LogP contribution < -0.4 is 20.1 Å². The minimum absolute atomic E-state index is 0.234. The molecule has 0 heterocycles. The highest BCUT2D eigenvalue weighted by molar-refractivity contribution is 5.79. The first-order valence-corrected chi connectivity index (χ1v) is 7.67. The van der Waals surface area contributed by atoms with Crippen molar-refractivity contribution in [3.63, 3.8) is 0 Å². The van der Waals surface area contributed by atoms with Crippen LogP contribution in [0.15, 0.2) is 53.5 Å². The van der Waals surface area contributed by atoms with Gasteiger partial charge in [0.05, 0.1) is 13.7 Å². The van der Waals surface area contributed by atoms with Crippen LogP contribution in [0.3, 0.4) is 0 Å². The summed E-state index contributed by atoms with van der Waals surface area (Å²) in [5, 5.41) is 6.18. The third-order valence-electron chi connectivity index (χ3n) is 3.33. The first-order valence-electron chi connectivity index (χ1n) is 7.67. The van der Waals surface area contributed by atoms with E-state index in [1.54, 1.807) is 32.4 Å². The van der Waals surface area contributed by atoms with Crippen molar-refractivity contribution in [3.8, 4) is 11.5 Å². The van der Waals surface area contributed by atoms with Crippen molar-refractivity contribution in [2.45, 2.75) is 6.54 Å². The predicted octanol–water partition coefficient (Wildman–Crippen LogP) is 2.58. The zero-order valence-electron chi connectivity index (χ0n) is 13.9. The summed E-state index contributed by atoms with van der Waals surface area (Å²) in [5.41, 5.74) is 0.591. The third kappa shape index (κ3) is 5.46. The number of nitrogens with one attached hydrogen (secondary N) is 2. The average molecular weight is 331 g/mol. The largest absolute Gasteiger partial charge is 0.497 e. The van der Waals surface area contributed by atoms with Crippen molar-refractivity contribution in [2.24, 2.45) is 4.99 Å². The molecule has 24 heavy (non-hydrogen) atoms. The first-order chi connectivity index (χ1) is 11.7. The number of aliphatic imine (C=N–C) groups is 1. The van der Waals surface area contributed by atoms with Crippen LogP contribution in [0.5, 0.6) is 11.5 Å². The maximum atomic E-state index is 13.6. The monoisotopic (exact) mass is 331 g/mol. The highest BCUT2D eigenvalue weighted by Crippen LogP contribution is 2.18. The molecule has 0 aliphatic carbocycles. The molecule has 5 nitrogen and oxygen atoms in total. The number of ether oxygens (including phenoxy) is 2. The van der Waals surface area contributed by atoms with E-state index in [2.05, 4.69) is 15.6 Å². The Kier molecular flexibility index (Phi) is 6.89. The lowest BCUT2D eigenvalue weighted by molar-refractivity contribution is 0.319. The highest BCUT2D eigenvalue weighted by atomic mass is 19.1. The van der Waals surface area contributed by atoms with E-state index in [-0.39, 0.29) is 5.82 Å². The van der Waals surface area contributed by atoms with Gasteiger partial charge in [-0.3, -0.25) is 4.99 Å². The van der Waals surface area contributed by atoms with E-state index in [9.17, 15) is 4.39 Å². The summed E-state index contributed by atoms with van der Waals surface area (Å²) in [4.78, 5) is 4.10. The summed E-state index contributed by atoms with van der Waals surface area (Å²) >= 11 is 0. The summed E-state index contributed by atoms with van der Waals surface area (Å²) in [6.45, 7) is 1.39. The van der Waals surface area contributed by atoms with Gasteiger partial charge in [-0.25, -0.2) is 4.39 Å². The van der Waals surface area contributed by atoms with Crippen LogP contribution in [0.1, 0.15) is 5.56 Å². The van der Waals surface area contributed by atoms with Gasteiger partial charge in [0.1, 0.15) is 23.9 Å². The van der Waals surface area contributed by atoms with Crippen LogP contribution in [-0.2, 0) is 6.54 Å². The fraction of sp³-hybridized carbons (Fsp3) is 0.278. The first kappa shape index (κ1) is 17.6. The van der Waals surface area contributed by atoms with E-state index < -0.39 is 0 Å². The van der Waals surface area contributed by atoms with Crippen molar-refractivity contribution in [2.75, 3.05) is 27.3 Å². The minimum Gasteiger partial charge on any atom is -0.497 e. The molecule has 6 heteroatoms. The molecule has 0 aliphatic rings. The average Bonchev–Trinajstić information content (AvgIpc) is 2.62. The number of rotatable bonds is 7. The lowest BCUT2D eigenvalue weighted by Crippen LogP contribution is -2.39. The maximum Gasteiger partial charge on any atom is 0.191 e. The summed E-state index contributed by atoms with van der Waals surface area (Å²) in [7, 11) is 3.28. The molecule has 0 fully saturated rings. The predicted molar refractivity (Wildman–Crippen MR) is 93.1 cm³/mol. The van der Waals surface area contributed by atoms with Crippen LogP contribution in [0.4, 0.5) is 4.39 Å². The minimum atomic E-state index is -0.234. The SMILES string of the molecule is CN=C(NCCOc1cccc(OC)c1)NCc1ccccc1F. The molecule has 0 atom stereocenters. The number of nitrogens with zero attached hydrogens (tertiary/aromatic N) is 1. The molecule has 0 spiro atoms. The molecule has 2 aromatic rings. The van der Waals surface area contributed by atoms with Crippen LogP contribution in [0.2, 0.25) is 0 Å². The normalized spacial score (nSPS) is 11.0. The Labute approximate surface area is 141 Å². The van der Waals surface area contributed by atoms with Gasteiger partial charge in [0.25, 0.3) is 0 Å². The second-order valence-electron chi connectivity index (χ2n) is 4.97. The molecular formula is C18H22FN3O2. The number of guanidine groups is 1. The van der Waals surface area contributed by atoms with Gasteiger partial charge in [0.15, 0.2) is 5.96 Å². The fourth-order valence-corrected chi connectivity index (χ4v) is 2.07. The third-order valence-corrected chi connectivity index (χ3v) is 3.33. The van der Waals surface area contributed by atoms with E-state index in [4.69, 9.17) is 9.47 Å². The van der Waals surface area contributed by atoms with Crippen molar-refractivity contribution in [1.29, 1.82) is 0 Å². The summed E-state index contributed by atoms with van der Waals surface area (Å²) in [6.07, 6.45) is 0. The van der Waals surface area contributed by atoms with Crippen LogP contribution in [0.25, 0.3) is 0 Å². The molecule has 0 saturated carbocycles. The van der Waals surface area contributed by atoms with E-state index >= 15 is 0 Å². The molecule has 0 bridgehead atoms. The number of hydrogen-bond donors (Lipinski definition) is 2. The highest BCUT2D eigenvalue weighted by Gasteiger charge is 2.02. The van der Waals surface area contributed by atoms with Gasteiger partial charge in [-0.05, 0) is 18.2 Å². The Balaban J connectivity index is 1.73. The Hall–Kier alpha value is -2.76. The van der Waals surface area contributed by atoms with Crippen LogP contribution in [-0.4, -0.2) is 33.3 Å². The molecule has 128 valence electrons. The van der Waals surface area contributed by atoms with E-state index in [1.165, 1.54) is 6.07 Å². The van der Waals surface area contributed by atoms with Crippen molar-refractivity contribution in [1.82, 2.24) is 10.6 Å². The molecule has 0 saturated heterocycles. The summed E-state index contributed by atoms with van der Waals surface area (Å²) in [6, 6.07) is 14.1. The number of halogens is 1. The summed E-state index contributed by atoms with van der Waals surface area (Å²) < 4.78 is 24.4. The topological polar surface area (TPSA) is 54.9 Å². The molecule has 0 aliphatic heterocycles. The fourth-order valence-electron chi connectivity index (χ4n) is 2.07. The molecule has 2 aromatic carbocycles. The Morgan fingerprint density at radius 3 is 2.62 bits per heavy atom. The molecule has 0 amide bonds. The van der Waals surface area contributed by atoms with Crippen molar-refractivity contribution in [3.05, 3.63) is 59.9 Å². The second kappa shape index (κ2) is 9.39. The lowest BCUT2D eigenvalue weighted by atomic mass is 10.2. The Morgan fingerprint density at radius 1 is 1.08 bits per heavy atom. The zero-order chi connectivity index (χ0) is 17.2. The smallest absolute Gasteiger partial charge is 0.191 e. The van der Waals surface area contributed by atoms with Crippen molar-refractivity contribution < 1.29 is 13.9 Å². The van der Waals surface area contributed by atoms with Gasteiger partial charge >= 0.3 is 0 Å². The number of methoxy groups -OCH3 is 1. The Bertz CT molecular complexity index is 677. The molecule has 0 radical (unpaired) electrons. The standard InChI is InChI=1S/C18H22FN3O2/c1-20-18(22-13-14-6-3-4-9-17(14)19)21-10-11-24-16-8-5-7-15(12-16)23-2/h3-9,12H,10-11,13H2,1-2H3,(H2,20,21,22). The van der Waals surface area contributed by atoms with Crippen LogP contribution >= 0.6 is 0 Å². The van der Waals surface area contributed by atoms with Gasteiger partial charge in [-0.1, -0.05) is 24.3 Å². The molecule has 2 N–H and O–H groups in total. The molecular weight excluding hydrogens is 309 g/mol. The van der Waals surface area contributed by atoms with Gasteiger partial charge < -0.3 is 20.1 Å². The number of benzene rings is 2. The van der Waals surface area contributed by atoms with Gasteiger partial charge in [0, 0.05) is 25.2 Å². The van der Waals surface area contributed by atoms with Gasteiger partial charge in [-0.2, -0.15) is 0 Å². The van der Waals surface area contributed by atoms with E-state index in [0.29, 0.717) is 31.2 Å².